The largest absolute Gasteiger partial charge is 0.368 e. The SMILES string of the molecule is CCCCCCCCCCCCC#CC#CCCCCCCCCC(=O)N[C@@H](C)C(N)=O. The van der Waals surface area contributed by atoms with Gasteiger partial charge in [-0.3, -0.25) is 9.59 Å². The van der Waals surface area contributed by atoms with Crippen molar-refractivity contribution in [2.45, 2.75) is 142 Å². The molecule has 32 heavy (non-hydrogen) atoms. The summed E-state index contributed by atoms with van der Waals surface area (Å²) in [5.74, 6) is 11.7. The molecular formula is C28H48N2O2. The van der Waals surface area contributed by atoms with Gasteiger partial charge in [-0.05, 0) is 38.0 Å². The molecule has 0 aromatic rings. The van der Waals surface area contributed by atoms with Gasteiger partial charge in [-0.15, -0.1) is 0 Å². The second-order valence-corrected chi connectivity index (χ2v) is 8.85. The third kappa shape index (κ3) is 22.7. The Morgan fingerprint density at radius 1 is 0.688 bits per heavy atom. The van der Waals surface area contributed by atoms with Crippen LogP contribution in [-0.2, 0) is 9.59 Å². The fraction of sp³-hybridized carbons (Fsp3) is 0.786. The van der Waals surface area contributed by atoms with E-state index < -0.39 is 11.9 Å². The second-order valence-electron chi connectivity index (χ2n) is 8.85. The summed E-state index contributed by atoms with van der Waals surface area (Å²) in [6.07, 6.45) is 22.4. The fourth-order valence-electron chi connectivity index (χ4n) is 3.51. The first-order chi connectivity index (χ1) is 15.6. The van der Waals surface area contributed by atoms with E-state index >= 15 is 0 Å². The van der Waals surface area contributed by atoms with Gasteiger partial charge in [-0.1, -0.05) is 102 Å². The molecule has 0 saturated heterocycles. The summed E-state index contributed by atoms with van der Waals surface area (Å²) in [6, 6.07) is -0.590. The smallest absolute Gasteiger partial charge is 0.239 e. The van der Waals surface area contributed by atoms with E-state index in [4.69, 9.17) is 5.73 Å². The van der Waals surface area contributed by atoms with Gasteiger partial charge in [0.1, 0.15) is 6.04 Å². The van der Waals surface area contributed by atoms with Gasteiger partial charge in [0.2, 0.25) is 11.8 Å². The highest BCUT2D eigenvalue weighted by Gasteiger charge is 2.11. The maximum atomic E-state index is 11.6. The summed E-state index contributed by atoms with van der Waals surface area (Å²) in [4.78, 5) is 22.5. The highest BCUT2D eigenvalue weighted by atomic mass is 16.2. The summed E-state index contributed by atoms with van der Waals surface area (Å²) in [5.41, 5.74) is 5.13. The van der Waals surface area contributed by atoms with E-state index in [0.717, 1.165) is 38.5 Å². The van der Waals surface area contributed by atoms with E-state index in [1.54, 1.807) is 6.92 Å². The van der Waals surface area contributed by atoms with Crippen LogP contribution in [0, 0.1) is 23.7 Å². The third-order valence-corrected chi connectivity index (χ3v) is 5.65. The zero-order chi connectivity index (χ0) is 23.7. The Labute approximate surface area is 198 Å². The van der Waals surface area contributed by atoms with Gasteiger partial charge >= 0.3 is 0 Å². The molecule has 0 aliphatic carbocycles. The van der Waals surface area contributed by atoms with Crippen LogP contribution in [0.5, 0.6) is 0 Å². The van der Waals surface area contributed by atoms with Crippen LogP contribution in [0.2, 0.25) is 0 Å². The summed E-state index contributed by atoms with van der Waals surface area (Å²) in [7, 11) is 0. The van der Waals surface area contributed by atoms with Crippen LogP contribution >= 0.6 is 0 Å². The van der Waals surface area contributed by atoms with Gasteiger partial charge in [0.05, 0.1) is 0 Å². The van der Waals surface area contributed by atoms with Crippen LogP contribution in [0.3, 0.4) is 0 Å². The predicted octanol–water partition coefficient (Wildman–Crippen LogP) is 6.42. The van der Waals surface area contributed by atoms with E-state index in [0.29, 0.717) is 6.42 Å². The Hall–Kier alpha value is -1.94. The number of primary amides is 1. The fourth-order valence-corrected chi connectivity index (χ4v) is 3.51. The van der Waals surface area contributed by atoms with Crippen molar-refractivity contribution in [2.75, 3.05) is 0 Å². The van der Waals surface area contributed by atoms with Crippen LogP contribution in [0.15, 0.2) is 0 Å². The molecule has 0 radical (unpaired) electrons. The molecule has 0 aromatic carbocycles. The summed E-state index contributed by atoms with van der Waals surface area (Å²) in [6.45, 7) is 3.87. The molecular weight excluding hydrogens is 396 g/mol. The number of carbonyl (C=O) groups excluding carboxylic acids is 2. The third-order valence-electron chi connectivity index (χ3n) is 5.65. The first kappa shape index (κ1) is 30.1. The van der Waals surface area contributed by atoms with Gasteiger partial charge < -0.3 is 11.1 Å². The molecule has 4 heteroatoms. The van der Waals surface area contributed by atoms with Gasteiger partial charge in [0, 0.05) is 19.3 Å². The molecule has 0 unspecified atom stereocenters. The molecule has 0 aliphatic rings. The number of rotatable bonds is 20. The van der Waals surface area contributed by atoms with E-state index in [1.165, 1.54) is 77.0 Å². The Bertz CT molecular complexity index is 592. The molecule has 0 fully saturated rings. The van der Waals surface area contributed by atoms with Crippen LogP contribution in [0.4, 0.5) is 0 Å². The molecule has 0 bridgehead atoms. The summed E-state index contributed by atoms with van der Waals surface area (Å²) in [5, 5.41) is 2.60. The lowest BCUT2D eigenvalue weighted by molar-refractivity contribution is -0.127. The first-order valence-corrected chi connectivity index (χ1v) is 13.1. The molecule has 0 rings (SSSR count). The van der Waals surface area contributed by atoms with Crippen molar-refractivity contribution in [3.63, 3.8) is 0 Å². The topological polar surface area (TPSA) is 72.2 Å². The Morgan fingerprint density at radius 3 is 1.53 bits per heavy atom. The molecule has 2 amide bonds. The Kier molecular flexibility index (Phi) is 22.3. The van der Waals surface area contributed by atoms with Gasteiger partial charge in [-0.25, -0.2) is 0 Å². The molecule has 0 aromatic heterocycles. The number of nitrogens with one attached hydrogen (secondary N) is 1. The quantitative estimate of drug-likeness (QED) is 0.168. The van der Waals surface area contributed by atoms with Crippen LogP contribution in [-0.4, -0.2) is 17.9 Å². The van der Waals surface area contributed by atoms with Crippen LogP contribution in [0.1, 0.15) is 136 Å². The standard InChI is InChI=1S/C28H48N2O2/c1-3-4-5-6-7-8-9-10-11-12-13-14-15-16-17-18-19-20-21-22-23-24-25-27(31)30-26(2)28(29)32/h26H,3-13,18-25H2,1-2H3,(H2,29,32)(H,30,31)/t26-/m0/s1. The molecule has 3 N–H and O–H groups in total. The molecule has 1 atom stereocenters. The number of amides is 2. The molecule has 0 spiro atoms. The van der Waals surface area contributed by atoms with Crippen LogP contribution < -0.4 is 11.1 Å². The van der Waals surface area contributed by atoms with Crippen molar-refractivity contribution < 1.29 is 9.59 Å². The zero-order valence-electron chi connectivity index (χ0n) is 20.9. The highest BCUT2D eigenvalue weighted by molar-refractivity contribution is 5.86. The Balaban J connectivity index is 3.37. The maximum absolute atomic E-state index is 11.6. The van der Waals surface area contributed by atoms with Crippen molar-refractivity contribution in [3.8, 4) is 23.7 Å². The van der Waals surface area contributed by atoms with Crippen molar-refractivity contribution in [3.05, 3.63) is 0 Å². The minimum atomic E-state index is -0.590. The Morgan fingerprint density at radius 2 is 1.09 bits per heavy atom. The normalized spacial score (nSPS) is 11.1. The number of carbonyl (C=O) groups is 2. The number of unbranched alkanes of at least 4 members (excludes halogenated alkanes) is 16. The minimum absolute atomic E-state index is 0.0964. The van der Waals surface area contributed by atoms with Crippen molar-refractivity contribution in [2.24, 2.45) is 5.73 Å². The molecule has 0 saturated carbocycles. The lowest BCUT2D eigenvalue weighted by Crippen LogP contribution is -2.42. The monoisotopic (exact) mass is 444 g/mol. The van der Waals surface area contributed by atoms with Gasteiger partial charge in [-0.2, -0.15) is 0 Å². The van der Waals surface area contributed by atoms with Crippen LogP contribution in [0.25, 0.3) is 0 Å². The molecule has 0 aliphatic heterocycles. The second kappa shape index (κ2) is 23.7. The molecule has 4 nitrogen and oxygen atoms in total. The predicted molar refractivity (Wildman–Crippen MR) is 136 cm³/mol. The van der Waals surface area contributed by atoms with Gasteiger partial charge in [0.15, 0.2) is 0 Å². The lowest BCUT2D eigenvalue weighted by atomic mass is 10.1. The highest BCUT2D eigenvalue weighted by Crippen LogP contribution is 2.11. The molecule has 182 valence electrons. The maximum Gasteiger partial charge on any atom is 0.239 e. The number of hydrogen-bond acceptors (Lipinski definition) is 2. The van der Waals surface area contributed by atoms with E-state index in [1.807, 2.05) is 0 Å². The summed E-state index contributed by atoms with van der Waals surface area (Å²) < 4.78 is 0. The lowest BCUT2D eigenvalue weighted by Gasteiger charge is -2.09. The van der Waals surface area contributed by atoms with Crippen molar-refractivity contribution >= 4 is 11.8 Å². The van der Waals surface area contributed by atoms with E-state index in [9.17, 15) is 9.59 Å². The summed E-state index contributed by atoms with van der Waals surface area (Å²) >= 11 is 0. The average Bonchev–Trinajstić information content (AvgIpc) is 2.77. The number of nitrogens with two attached hydrogens (primary N) is 1. The van der Waals surface area contributed by atoms with Gasteiger partial charge in [0.25, 0.3) is 0 Å². The first-order valence-electron chi connectivity index (χ1n) is 13.1. The number of hydrogen-bond donors (Lipinski definition) is 2. The van der Waals surface area contributed by atoms with E-state index in [-0.39, 0.29) is 5.91 Å². The minimum Gasteiger partial charge on any atom is -0.368 e. The van der Waals surface area contributed by atoms with Crippen molar-refractivity contribution in [1.29, 1.82) is 0 Å². The van der Waals surface area contributed by atoms with Crippen molar-refractivity contribution in [1.82, 2.24) is 5.32 Å². The molecule has 0 heterocycles. The zero-order valence-corrected chi connectivity index (χ0v) is 20.9. The average molecular weight is 445 g/mol. The van der Waals surface area contributed by atoms with E-state index in [2.05, 4.69) is 35.9 Å².